The number of fused-ring (bicyclic) bond motifs is 1. The smallest absolute Gasteiger partial charge is 0.249 e. The molecule has 0 spiro atoms. The van der Waals surface area contributed by atoms with Crippen LogP contribution < -0.4 is 15.0 Å². The summed E-state index contributed by atoms with van der Waals surface area (Å²) in [6.07, 6.45) is 4.13. The van der Waals surface area contributed by atoms with Gasteiger partial charge < -0.3 is 14.4 Å². The maximum atomic E-state index is 12.4. The lowest BCUT2D eigenvalue weighted by Crippen LogP contribution is -2.37. The predicted molar refractivity (Wildman–Crippen MR) is 93.2 cm³/mol. The topological polar surface area (TPSA) is 81.0 Å². The van der Waals surface area contributed by atoms with Gasteiger partial charge in [-0.2, -0.15) is 9.50 Å². The van der Waals surface area contributed by atoms with E-state index in [0.29, 0.717) is 30.6 Å². The van der Waals surface area contributed by atoms with Crippen LogP contribution in [0.1, 0.15) is 25.7 Å². The summed E-state index contributed by atoms with van der Waals surface area (Å²) in [6, 6.07) is 3.85. The number of morpholine rings is 1. The minimum atomic E-state index is 0.0142. The largest absolute Gasteiger partial charge is 0.493 e. The fraction of sp³-hybridized carbons (Fsp3) is 0.588. The number of anilines is 2. The highest BCUT2D eigenvalue weighted by Gasteiger charge is 2.25. The Morgan fingerprint density at radius 2 is 2.04 bits per heavy atom. The van der Waals surface area contributed by atoms with Gasteiger partial charge in [0.05, 0.1) is 20.3 Å². The van der Waals surface area contributed by atoms with Gasteiger partial charge in [0.15, 0.2) is 5.75 Å². The zero-order chi connectivity index (χ0) is 17.2. The van der Waals surface area contributed by atoms with Gasteiger partial charge in [-0.1, -0.05) is 12.8 Å². The van der Waals surface area contributed by atoms with E-state index in [1.807, 2.05) is 12.1 Å². The summed E-state index contributed by atoms with van der Waals surface area (Å²) in [5.74, 6) is 1.97. The number of nitrogens with one attached hydrogen (secondary N) is 1. The van der Waals surface area contributed by atoms with Crippen LogP contribution in [0.4, 0.5) is 11.8 Å². The molecule has 25 heavy (non-hydrogen) atoms. The van der Waals surface area contributed by atoms with Gasteiger partial charge in [0.1, 0.15) is 5.82 Å². The van der Waals surface area contributed by atoms with Crippen LogP contribution in [0.2, 0.25) is 0 Å². The molecule has 2 aromatic rings. The average molecular weight is 345 g/mol. The number of carbonyl (C=O) groups excluding carboxylic acids is 1. The van der Waals surface area contributed by atoms with Gasteiger partial charge in [-0.25, -0.2) is 0 Å². The van der Waals surface area contributed by atoms with Gasteiger partial charge in [-0.15, -0.1) is 5.10 Å². The van der Waals surface area contributed by atoms with Gasteiger partial charge in [-0.05, 0) is 25.0 Å². The Kier molecular flexibility index (Phi) is 4.44. The number of nitrogens with zero attached hydrogens (tertiary/aromatic N) is 4. The fourth-order valence-electron chi connectivity index (χ4n) is 3.57. The average Bonchev–Trinajstić information content (AvgIpc) is 3.31. The third kappa shape index (κ3) is 3.13. The molecule has 1 saturated carbocycles. The Morgan fingerprint density at radius 1 is 1.28 bits per heavy atom. The van der Waals surface area contributed by atoms with Crippen LogP contribution >= 0.6 is 0 Å². The number of rotatable bonds is 4. The predicted octanol–water partition coefficient (Wildman–Crippen LogP) is 1.70. The Bertz CT molecular complexity index is 763. The minimum absolute atomic E-state index is 0.0142. The summed E-state index contributed by atoms with van der Waals surface area (Å²) < 4.78 is 12.6. The van der Waals surface area contributed by atoms with E-state index in [-0.39, 0.29) is 11.8 Å². The van der Waals surface area contributed by atoms with Crippen molar-refractivity contribution in [3.8, 4) is 5.75 Å². The number of carbonyl (C=O) groups is 1. The highest BCUT2D eigenvalue weighted by Crippen LogP contribution is 2.28. The van der Waals surface area contributed by atoms with Gasteiger partial charge in [-0.3, -0.25) is 10.1 Å². The van der Waals surface area contributed by atoms with Crippen molar-refractivity contribution in [3.63, 3.8) is 0 Å². The molecule has 2 fully saturated rings. The molecule has 1 saturated heterocycles. The van der Waals surface area contributed by atoms with Crippen LogP contribution in [0.25, 0.3) is 5.65 Å². The van der Waals surface area contributed by atoms with E-state index < -0.39 is 0 Å². The fourth-order valence-corrected chi connectivity index (χ4v) is 3.57. The molecule has 8 nitrogen and oxygen atoms in total. The molecular weight excluding hydrogens is 322 g/mol. The molecule has 4 rings (SSSR count). The summed E-state index contributed by atoms with van der Waals surface area (Å²) in [5, 5.41) is 7.39. The van der Waals surface area contributed by atoms with E-state index in [9.17, 15) is 4.79 Å². The van der Waals surface area contributed by atoms with Crippen molar-refractivity contribution in [2.45, 2.75) is 25.7 Å². The van der Waals surface area contributed by atoms with Crippen LogP contribution in [0.3, 0.4) is 0 Å². The van der Waals surface area contributed by atoms with Gasteiger partial charge >= 0.3 is 0 Å². The maximum absolute atomic E-state index is 12.4. The van der Waals surface area contributed by atoms with Gasteiger partial charge in [0, 0.05) is 19.0 Å². The van der Waals surface area contributed by atoms with Crippen molar-refractivity contribution in [1.29, 1.82) is 0 Å². The number of amides is 1. The second-order valence-electron chi connectivity index (χ2n) is 6.50. The van der Waals surface area contributed by atoms with Crippen molar-refractivity contribution in [3.05, 3.63) is 12.1 Å². The normalized spacial score (nSPS) is 18.7. The molecule has 2 aliphatic rings. The van der Waals surface area contributed by atoms with Crippen molar-refractivity contribution in [2.75, 3.05) is 43.6 Å². The molecule has 0 atom stereocenters. The van der Waals surface area contributed by atoms with Crippen molar-refractivity contribution in [2.24, 2.45) is 5.92 Å². The van der Waals surface area contributed by atoms with Crippen molar-refractivity contribution in [1.82, 2.24) is 14.6 Å². The molecule has 0 unspecified atom stereocenters. The number of aromatic nitrogens is 3. The Hall–Kier alpha value is -2.35. The molecule has 1 amide bonds. The number of pyridine rings is 1. The lowest BCUT2D eigenvalue weighted by Gasteiger charge is -2.28. The second-order valence-corrected chi connectivity index (χ2v) is 6.50. The molecule has 0 bridgehead atoms. The second kappa shape index (κ2) is 6.87. The van der Waals surface area contributed by atoms with E-state index in [1.165, 1.54) is 0 Å². The first-order valence-corrected chi connectivity index (χ1v) is 8.83. The van der Waals surface area contributed by atoms with E-state index in [4.69, 9.17) is 9.47 Å². The third-order valence-electron chi connectivity index (χ3n) is 4.94. The van der Waals surface area contributed by atoms with Crippen molar-refractivity contribution >= 4 is 23.3 Å². The van der Waals surface area contributed by atoms with E-state index >= 15 is 0 Å². The Morgan fingerprint density at radius 3 is 2.76 bits per heavy atom. The third-order valence-corrected chi connectivity index (χ3v) is 4.94. The van der Waals surface area contributed by atoms with E-state index in [2.05, 4.69) is 20.3 Å². The quantitative estimate of drug-likeness (QED) is 0.908. The molecule has 1 N–H and O–H groups in total. The first kappa shape index (κ1) is 16.1. The molecule has 1 aliphatic carbocycles. The Balaban J connectivity index is 1.65. The first-order valence-electron chi connectivity index (χ1n) is 8.83. The Labute approximate surface area is 146 Å². The van der Waals surface area contributed by atoms with Crippen LogP contribution in [0, 0.1) is 5.92 Å². The molecule has 8 heteroatoms. The molecule has 0 radical (unpaired) electrons. The zero-order valence-electron chi connectivity index (χ0n) is 14.4. The summed E-state index contributed by atoms with van der Waals surface area (Å²) in [4.78, 5) is 19.1. The monoisotopic (exact) mass is 345 g/mol. The minimum Gasteiger partial charge on any atom is -0.493 e. The number of methoxy groups -OCH3 is 1. The summed E-state index contributed by atoms with van der Waals surface area (Å²) in [7, 11) is 1.61. The molecule has 1 aliphatic heterocycles. The summed E-state index contributed by atoms with van der Waals surface area (Å²) >= 11 is 0. The molecule has 0 aromatic carbocycles. The van der Waals surface area contributed by atoms with Crippen LogP contribution in [0.5, 0.6) is 5.75 Å². The van der Waals surface area contributed by atoms with Crippen LogP contribution in [0.15, 0.2) is 12.1 Å². The van der Waals surface area contributed by atoms with E-state index in [1.54, 1.807) is 11.6 Å². The highest BCUT2D eigenvalue weighted by molar-refractivity contribution is 5.91. The SMILES string of the molecule is COc1ccc(N2CCOCC2)n2nc(NC(=O)C3CCCC3)nc12. The molecule has 134 valence electrons. The summed E-state index contributed by atoms with van der Waals surface area (Å²) in [6.45, 7) is 2.97. The van der Waals surface area contributed by atoms with E-state index in [0.717, 1.165) is 44.6 Å². The molecular formula is C17H23N5O3. The highest BCUT2D eigenvalue weighted by atomic mass is 16.5. The van der Waals surface area contributed by atoms with Crippen LogP contribution in [-0.4, -0.2) is 53.9 Å². The van der Waals surface area contributed by atoms with Crippen molar-refractivity contribution < 1.29 is 14.3 Å². The molecule has 3 heterocycles. The standard InChI is InChI=1S/C17H23N5O3/c1-24-13-6-7-14(21-8-10-25-11-9-21)22-15(13)18-17(20-22)19-16(23)12-4-2-3-5-12/h6-7,12H,2-5,8-11H2,1H3,(H,19,20,23). The van der Waals surface area contributed by atoms with Crippen LogP contribution in [-0.2, 0) is 9.53 Å². The lowest BCUT2D eigenvalue weighted by molar-refractivity contribution is -0.119. The first-order chi connectivity index (χ1) is 12.3. The maximum Gasteiger partial charge on any atom is 0.249 e. The summed E-state index contributed by atoms with van der Waals surface area (Å²) in [5.41, 5.74) is 0.605. The number of hydrogen-bond acceptors (Lipinski definition) is 6. The lowest BCUT2D eigenvalue weighted by atomic mass is 10.1. The molecule has 2 aromatic heterocycles. The van der Waals surface area contributed by atoms with Gasteiger partial charge in [0.25, 0.3) is 0 Å². The number of ether oxygens (including phenoxy) is 2. The zero-order valence-corrected chi connectivity index (χ0v) is 14.4. The van der Waals surface area contributed by atoms with Gasteiger partial charge in [0.2, 0.25) is 17.5 Å². The number of hydrogen-bond donors (Lipinski definition) is 1.